The normalized spacial score (nSPS) is 10.4. The van der Waals surface area contributed by atoms with Crippen molar-refractivity contribution in [3.8, 4) is 0 Å². The molecule has 0 aliphatic rings. The van der Waals surface area contributed by atoms with Gasteiger partial charge in [-0.25, -0.2) is 0 Å². The number of carbonyl (C=O) groups excluding carboxylic acids is 1. The van der Waals surface area contributed by atoms with E-state index >= 15 is 0 Å². The number of fused-ring (bicyclic) bond motifs is 1. The SMILES string of the molecule is O=Cc1cccc2c(Cl)c[nH]c12. The van der Waals surface area contributed by atoms with E-state index in [4.69, 9.17) is 11.6 Å². The van der Waals surface area contributed by atoms with Crippen LogP contribution in [-0.2, 0) is 0 Å². The van der Waals surface area contributed by atoms with E-state index in [1.165, 1.54) is 0 Å². The second kappa shape index (κ2) is 2.64. The van der Waals surface area contributed by atoms with Crippen LogP contribution in [0.15, 0.2) is 24.4 Å². The smallest absolute Gasteiger partial charge is 0.152 e. The molecule has 0 spiro atoms. The number of hydrogen-bond acceptors (Lipinski definition) is 1. The summed E-state index contributed by atoms with van der Waals surface area (Å²) in [5.41, 5.74) is 1.44. The maximum absolute atomic E-state index is 10.6. The number of aromatic nitrogens is 1. The Morgan fingerprint density at radius 2 is 2.25 bits per heavy atom. The van der Waals surface area contributed by atoms with Crippen molar-refractivity contribution in [2.24, 2.45) is 0 Å². The van der Waals surface area contributed by atoms with Crippen LogP contribution in [0, 0.1) is 0 Å². The van der Waals surface area contributed by atoms with Crippen molar-refractivity contribution in [1.82, 2.24) is 4.98 Å². The highest BCUT2D eigenvalue weighted by molar-refractivity contribution is 6.35. The third kappa shape index (κ3) is 0.924. The van der Waals surface area contributed by atoms with Gasteiger partial charge in [-0.05, 0) is 6.07 Å². The molecule has 12 heavy (non-hydrogen) atoms. The van der Waals surface area contributed by atoms with Crippen LogP contribution in [-0.4, -0.2) is 11.3 Å². The summed E-state index contributed by atoms with van der Waals surface area (Å²) >= 11 is 5.85. The Balaban J connectivity index is 2.89. The molecular weight excluding hydrogens is 174 g/mol. The molecule has 0 saturated heterocycles. The lowest BCUT2D eigenvalue weighted by Crippen LogP contribution is -1.80. The number of hydrogen-bond donors (Lipinski definition) is 1. The van der Waals surface area contributed by atoms with Crippen LogP contribution >= 0.6 is 11.6 Å². The first-order valence-corrected chi connectivity index (χ1v) is 3.91. The molecule has 60 valence electrons. The largest absolute Gasteiger partial charge is 0.359 e. The van der Waals surface area contributed by atoms with Crippen LogP contribution < -0.4 is 0 Å². The molecule has 0 saturated carbocycles. The van der Waals surface area contributed by atoms with Crippen molar-refractivity contribution in [3.63, 3.8) is 0 Å². The molecule has 0 atom stereocenters. The number of carbonyl (C=O) groups is 1. The number of nitrogens with one attached hydrogen (secondary N) is 1. The van der Waals surface area contributed by atoms with Gasteiger partial charge in [0.25, 0.3) is 0 Å². The first-order chi connectivity index (χ1) is 5.83. The van der Waals surface area contributed by atoms with Crippen molar-refractivity contribution < 1.29 is 4.79 Å². The average molecular weight is 180 g/mol. The van der Waals surface area contributed by atoms with Crippen LogP contribution in [0.2, 0.25) is 5.02 Å². The summed E-state index contributed by atoms with van der Waals surface area (Å²) in [6, 6.07) is 5.44. The summed E-state index contributed by atoms with van der Waals surface area (Å²) in [7, 11) is 0. The second-order valence-electron chi connectivity index (χ2n) is 2.52. The molecule has 0 aliphatic carbocycles. The molecule has 0 bridgehead atoms. The van der Waals surface area contributed by atoms with Crippen molar-refractivity contribution in [2.75, 3.05) is 0 Å². The predicted molar refractivity (Wildman–Crippen MR) is 48.7 cm³/mol. The van der Waals surface area contributed by atoms with Gasteiger partial charge < -0.3 is 4.98 Å². The summed E-state index contributed by atoms with van der Waals surface area (Å²) in [4.78, 5) is 13.5. The number of benzene rings is 1. The van der Waals surface area contributed by atoms with E-state index < -0.39 is 0 Å². The first-order valence-electron chi connectivity index (χ1n) is 3.53. The topological polar surface area (TPSA) is 32.9 Å². The first kappa shape index (κ1) is 7.37. The zero-order valence-corrected chi connectivity index (χ0v) is 6.93. The van der Waals surface area contributed by atoms with Gasteiger partial charge in [-0.1, -0.05) is 23.7 Å². The van der Waals surface area contributed by atoms with Gasteiger partial charge in [0.15, 0.2) is 6.29 Å². The maximum Gasteiger partial charge on any atom is 0.152 e. The molecule has 1 heterocycles. The molecule has 2 rings (SSSR count). The highest BCUT2D eigenvalue weighted by atomic mass is 35.5. The summed E-state index contributed by atoms with van der Waals surface area (Å²) in [5.74, 6) is 0. The van der Waals surface area contributed by atoms with Crippen molar-refractivity contribution in [2.45, 2.75) is 0 Å². The Labute approximate surface area is 74.2 Å². The zero-order chi connectivity index (χ0) is 8.55. The van der Waals surface area contributed by atoms with Gasteiger partial charge in [0.05, 0.1) is 10.5 Å². The predicted octanol–water partition coefficient (Wildman–Crippen LogP) is 2.63. The average Bonchev–Trinajstić information content (AvgIpc) is 2.48. The molecule has 1 aromatic heterocycles. The lowest BCUT2D eigenvalue weighted by molar-refractivity contribution is 0.112. The molecule has 0 unspecified atom stereocenters. The number of H-pyrrole nitrogens is 1. The summed E-state index contributed by atoms with van der Waals surface area (Å²) in [5, 5.41) is 1.54. The molecular formula is C9H6ClNO. The lowest BCUT2D eigenvalue weighted by Gasteiger charge is -1.92. The van der Waals surface area contributed by atoms with E-state index in [0.29, 0.717) is 10.6 Å². The number of rotatable bonds is 1. The van der Waals surface area contributed by atoms with Crippen LogP contribution in [0.3, 0.4) is 0 Å². The fraction of sp³-hybridized carbons (Fsp3) is 0. The van der Waals surface area contributed by atoms with Gasteiger partial charge in [-0.15, -0.1) is 0 Å². The van der Waals surface area contributed by atoms with Crippen LogP contribution in [0.1, 0.15) is 10.4 Å². The van der Waals surface area contributed by atoms with E-state index in [1.807, 2.05) is 12.1 Å². The minimum atomic E-state index is 0.638. The monoisotopic (exact) mass is 179 g/mol. The molecule has 1 N–H and O–H groups in total. The minimum absolute atomic E-state index is 0.638. The van der Waals surface area contributed by atoms with Crippen molar-refractivity contribution >= 4 is 28.8 Å². The molecule has 2 nitrogen and oxygen atoms in total. The lowest BCUT2D eigenvalue weighted by atomic mass is 10.2. The third-order valence-corrected chi connectivity index (χ3v) is 2.14. The Kier molecular flexibility index (Phi) is 1.62. The van der Waals surface area contributed by atoms with Crippen molar-refractivity contribution in [1.29, 1.82) is 0 Å². The number of halogens is 1. The maximum atomic E-state index is 10.6. The molecule has 0 radical (unpaired) electrons. The zero-order valence-electron chi connectivity index (χ0n) is 6.17. The van der Waals surface area contributed by atoms with Gasteiger partial charge in [-0.3, -0.25) is 4.79 Å². The molecule has 2 aromatic rings. The Bertz CT molecular complexity index is 433. The van der Waals surface area contributed by atoms with E-state index in [1.54, 1.807) is 12.3 Å². The highest BCUT2D eigenvalue weighted by Crippen LogP contribution is 2.24. The van der Waals surface area contributed by atoms with Gasteiger partial charge in [0.2, 0.25) is 0 Å². The number of aldehydes is 1. The minimum Gasteiger partial charge on any atom is -0.359 e. The second-order valence-corrected chi connectivity index (χ2v) is 2.93. The third-order valence-electron chi connectivity index (χ3n) is 1.82. The Morgan fingerprint density at radius 1 is 1.42 bits per heavy atom. The number of aromatic amines is 1. The Hall–Kier alpha value is -1.28. The van der Waals surface area contributed by atoms with Gasteiger partial charge >= 0.3 is 0 Å². The number of para-hydroxylation sites is 1. The fourth-order valence-electron chi connectivity index (χ4n) is 1.24. The summed E-state index contributed by atoms with van der Waals surface area (Å²) in [6.07, 6.45) is 2.49. The highest BCUT2D eigenvalue weighted by Gasteiger charge is 2.03. The van der Waals surface area contributed by atoms with E-state index in [0.717, 1.165) is 17.2 Å². The van der Waals surface area contributed by atoms with E-state index in [2.05, 4.69) is 4.98 Å². The molecule has 1 aromatic carbocycles. The Morgan fingerprint density at radius 3 is 3.00 bits per heavy atom. The molecule has 3 heteroatoms. The van der Waals surface area contributed by atoms with Crippen LogP contribution in [0.25, 0.3) is 10.9 Å². The molecule has 0 aliphatic heterocycles. The van der Waals surface area contributed by atoms with Gasteiger partial charge in [-0.2, -0.15) is 0 Å². The van der Waals surface area contributed by atoms with Crippen molar-refractivity contribution in [3.05, 3.63) is 35.0 Å². The van der Waals surface area contributed by atoms with Crippen LogP contribution in [0.5, 0.6) is 0 Å². The summed E-state index contributed by atoms with van der Waals surface area (Å²) < 4.78 is 0. The van der Waals surface area contributed by atoms with E-state index in [9.17, 15) is 4.79 Å². The van der Waals surface area contributed by atoms with Crippen LogP contribution in [0.4, 0.5) is 0 Å². The van der Waals surface area contributed by atoms with E-state index in [-0.39, 0.29) is 0 Å². The quantitative estimate of drug-likeness (QED) is 0.671. The molecule has 0 fully saturated rings. The van der Waals surface area contributed by atoms with Gasteiger partial charge in [0, 0.05) is 17.1 Å². The standard InChI is InChI=1S/C9H6ClNO/c10-8-4-11-9-6(5-12)2-1-3-7(8)9/h1-5,11H. The van der Waals surface area contributed by atoms with Gasteiger partial charge in [0.1, 0.15) is 0 Å². The summed E-state index contributed by atoms with van der Waals surface area (Å²) in [6.45, 7) is 0. The fourth-order valence-corrected chi connectivity index (χ4v) is 1.45. The molecule has 0 amide bonds.